The lowest BCUT2D eigenvalue weighted by Gasteiger charge is -2.29. The zero-order valence-electron chi connectivity index (χ0n) is 24.7. The molecule has 218 valence electrons. The van der Waals surface area contributed by atoms with E-state index in [1.54, 1.807) is 7.05 Å². The summed E-state index contributed by atoms with van der Waals surface area (Å²) in [5.74, 6) is -2.51. The predicted octanol–water partition coefficient (Wildman–Crippen LogP) is 7.04. The van der Waals surface area contributed by atoms with Crippen molar-refractivity contribution in [2.24, 2.45) is 5.92 Å². The highest BCUT2D eigenvalue weighted by atomic mass is 16.4. The van der Waals surface area contributed by atoms with Crippen LogP contribution >= 0.6 is 0 Å². The molecular formula is C37H36N2O4. The van der Waals surface area contributed by atoms with Crippen LogP contribution in [-0.2, 0) is 22.4 Å². The van der Waals surface area contributed by atoms with Crippen LogP contribution in [0.2, 0.25) is 0 Å². The number of nitrogens with zero attached hydrogens (tertiary/aromatic N) is 1. The highest BCUT2D eigenvalue weighted by molar-refractivity contribution is 5.99. The monoisotopic (exact) mass is 572 g/mol. The highest BCUT2D eigenvalue weighted by Crippen LogP contribution is 2.25. The molecule has 43 heavy (non-hydrogen) atoms. The quantitative estimate of drug-likeness (QED) is 0.178. The summed E-state index contributed by atoms with van der Waals surface area (Å²) >= 11 is 0. The Morgan fingerprint density at radius 3 is 2.09 bits per heavy atom. The van der Waals surface area contributed by atoms with E-state index < -0.39 is 17.9 Å². The Kier molecular flexibility index (Phi) is 8.86. The fourth-order valence-electron chi connectivity index (χ4n) is 5.79. The van der Waals surface area contributed by atoms with Gasteiger partial charge in [0.15, 0.2) is 5.78 Å². The number of H-pyrrole nitrogens is 1. The molecule has 0 saturated carbocycles. The van der Waals surface area contributed by atoms with E-state index in [0.717, 1.165) is 44.3 Å². The molecule has 5 aromatic rings. The number of hydrogen-bond acceptors (Lipinski definition) is 3. The van der Waals surface area contributed by atoms with E-state index in [2.05, 4.69) is 4.98 Å². The number of aromatic nitrogens is 1. The van der Waals surface area contributed by atoms with E-state index in [9.17, 15) is 19.5 Å². The second kappa shape index (κ2) is 12.9. The molecule has 0 aliphatic carbocycles. The van der Waals surface area contributed by atoms with E-state index in [0.29, 0.717) is 5.56 Å². The van der Waals surface area contributed by atoms with E-state index in [-0.39, 0.29) is 31.0 Å². The van der Waals surface area contributed by atoms with Gasteiger partial charge in [-0.3, -0.25) is 14.4 Å². The minimum Gasteiger partial charge on any atom is -0.481 e. The zero-order valence-corrected chi connectivity index (χ0v) is 24.7. The number of fused-ring (bicyclic) bond motifs is 1. The Balaban J connectivity index is 1.42. The van der Waals surface area contributed by atoms with Crippen molar-refractivity contribution in [1.82, 2.24) is 9.88 Å². The first kappa shape index (κ1) is 29.5. The third-order valence-corrected chi connectivity index (χ3v) is 8.06. The van der Waals surface area contributed by atoms with Crippen molar-refractivity contribution in [2.75, 3.05) is 7.05 Å². The van der Waals surface area contributed by atoms with Gasteiger partial charge in [-0.2, -0.15) is 0 Å². The molecule has 0 saturated heterocycles. The topological polar surface area (TPSA) is 90.5 Å². The Morgan fingerprint density at radius 1 is 0.791 bits per heavy atom. The number of rotatable bonds is 11. The van der Waals surface area contributed by atoms with Crippen molar-refractivity contribution in [1.29, 1.82) is 0 Å². The molecule has 0 bridgehead atoms. The van der Waals surface area contributed by atoms with Crippen LogP contribution in [0.3, 0.4) is 0 Å². The Labute approximate surface area is 252 Å². The summed E-state index contributed by atoms with van der Waals surface area (Å²) in [6, 6.07) is 30.5. The zero-order chi connectivity index (χ0) is 30.5. The number of carbonyl (C=O) groups is 3. The van der Waals surface area contributed by atoms with Crippen molar-refractivity contribution < 1.29 is 19.5 Å². The fourth-order valence-corrected chi connectivity index (χ4v) is 5.79. The number of Topliss-reactive ketones (excluding diaryl/α,β-unsaturated/α-hetero) is 1. The Hall–Kier alpha value is -4.97. The standard InChI is InChI=1S/C37H36N2O4/c1-24-17-25(2)19-29(18-24)36(41)39(3)34(20-26-13-15-28(16-14-26)27-9-5-4-6-10-27)35(40)22-30(37(42)43)21-31-23-38-33-12-8-7-11-32(31)33/h4-19,23,30,34,38H,20-22H2,1-3H3,(H,42,43)/t30-,34+/m0/s1. The molecule has 4 aromatic carbocycles. The molecule has 2 atom stereocenters. The van der Waals surface area contributed by atoms with Gasteiger partial charge in [-0.15, -0.1) is 0 Å². The largest absolute Gasteiger partial charge is 0.481 e. The minimum absolute atomic E-state index is 0.188. The molecule has 1 heterocycles. The number of carboxylic acids is 1. The number of benzene rings is 4. The summed E-state index contributed by atoms with van der Waals surface area (Å²) < 4.78 is 0. The number of carboxylic acid groups (broad SMARTS) is 1. The lowest BCUT2D eigenvalue weighted by atomic mass is 9.89. The van der Waals surface area contributed by atoms with Crippen LogP contribution in [0.25, 0.3) is 22.0 Å². The molecule has 1 amide bonds. The van der Waals surface area contributed by atoms with Gasteiger partial charge in [0, 0.05) is 36.1 Å². The second-order valence-corrected chi connectivity index (χ2v) is 11.3. The molecule has 6 heteroatoms. The summed E-state index contributed by atoms with van der Waals surface area (Å²) in [6.45, 7) is 3.87. The predicted molar refractivity (Wildman–Crippen MR) is 170 cm³/mol. The van der Waals surface area contributed by atoms with Gasteiger partial charge in [0.25, 0.3) is 5.91 Å². The molecule has 0 spiro atoms. The van der Waals surface area contributed by atoms with Gasteiger partial charge in [-0.25, -0.2) is 0 Å². The molecule has 5 rings (SSSR count). The summed E-state index contributed by atoms with van der Waals surface area (Å²) in [5.41, 5.74) is 7.23. The molecule has 0 fully saturated rings. The Morgan fingerprint density at radius 2 is 1.42 bits per heavy atom. The maximum atomic E-state index is 14.0. The number of ketones is 1. The molecule has 2 N–H and O–H groups in total. The van der Waals surface area contributed by atoms with Crippen molar-refractivity contribution in [3.63, 3.8) is 0 Å². The van der Waals surface area contributed by atoms with Crippen molar-refractivity contribution >= 4 is 28.6 Å². The average molecular weight is 573 g/mol. The smallest absolute Gasteiger partial charge is 0.307 e. The van der Waals surface area contributed by atoms with Crippen LogP contribution in [-0.4, -0.2) is 45.7 Å². The van der Waals surface area contributed by atoms with Crippen LogP contribution in [0.1, 0.15) is 39.0 Å². The van der Waals surface area contributed by atoms with E-state index in [1.165, 1.54) is 4.90 Å². The van der Waals surface area contributed by atoms with Crippen molar-refractivity contribution in [2.45, 2.75) is 39.2 Å². The maximum Gasteiger partial charge on any atom is 0.307 e. The molecular weight excluding hydrogens is 536 g/mol. The third-order valence-electron chi connectivity index (χ3n) is 8.06. The van der Waals surface area contributed by atoms with Crippen LogP contribution in [0, 0.1) is 19.8 Å². The lowest BCUT2D eigenvalue weighted by Crippen LogP contribution is -2.45. The number of aliphatic carboxylic acids is 1. The molecule has 0 radical (unpaired) electrons. The summed E-state index contributed by atoms with van der Waals surface area (Å²) in [6.07, 6.45) is 2.11. The summed E-state index contributed by atoms with van der Waals surface area (Å²) in [4.78, 5) is 44.8. The van der Waals surface area contributed by atoms with Crippen LogP contribution < -0.4 is 0 Å². The van der Waals surface area contributed by atoms with Gasteiger partial charge < -0.3 is 15.0 Å². The van der Waals surface area contributed by atoms with Crippen molar-refractivity contribution in [3.8, 4) is 11.1 Å². The number of hydrogen-bond donors (Lipinski definition) is 2. The summed E-state index contributed by atoms with van der Waals surface area (Å²) in [7, 11) is 1.64. The van der Waals surface area contributed by atoms with Gasteiger partial charge in [-0.05, 0) is 67.1 Å². The van der Waals surface area contributed by atoms with Gasteiger partial charge >= 0.3 is 5.97 Å². The molecule has 0 unspecified atom stereocenters. The first-order valence-electron chi connectivity index (χ1n) is 14.5. The highest BCUT2D eigenvalue weighted by Gasteiger charge is 2.32. The van der Waals surface area contributed by atoms with E-state index in [1.807, 2.05) is 117 Å². The number of para-hydroxylation sites is 1. The van der Waals surface area contributed by atoms with Crippen molar-refractivity contribution in [3.05, 3.63) is 131 Å². The van der Waals surface area contributed by atoms with Crippen LogP contribution in [0.15, 0.2) is 103 Å². The van der Waals surface area contributed by atoms with Gasteiger partial charge in [0.2, 0.25) is 0 Å². The molecule has 0 aliphatic rings. The minimum atomic E-state index is -1.03. The van der Waals surface area contributed by atoms with Crippen LogP contribution in [0.5, 0.6) is 0 Å². The van der Waals surface area contributed by atoms with Gasteiger partial charge in [-0.1, -0.05) is 90.0 Å². The fraction of sp³-hybridized carbons (Fsp3) is 0.216. The van der Waals surface area contributed by atoms with E-state index >= 15 is 0 Å². The maximum absolute atomic E-state index is 14.0. The molecule has 1 aromatic heterocycles. The van der Waals surface area contributed by atoms with Gasteiger partial charge in [0.05, 0.1) is 12.0 Å². The van der Waals surface area contributed by atoms with Gasteiger partial charge in [0.1, 0.15) is 0 Å². The van der Waals surface area contributed by atoms with E-state index in [4.69, 9.17) is 0 Å². The number of likely N-dealkylation sites (N-methyl/N-ethyl adjacent to an activating group) is 1. The lowest BCUT2D eigenvalue weighted by molar-refractivity contribution is -0.144. The van der Waals surface area contributed by atoms with Crippen LogP contribution in [0.4, 0.5) is 0 Å². The molecule has 6 nitrogen and oxygen atoms in total. The first-order valence-corrected chi connectivity index (χ1v) is 14.5. The number of aromatic amines is 1. The SMILES string of the molecule is Cc1cc(C)cc(C(=O)N(C)[C@H](Cc2ccc(-c3ccccc3)cc2)C(=O)C[C@H](Cc2c[nH]c3ccccc23)C(=O)O)c1. The molecule has 0 aliphatic heterocycles. The number of amides is 1. The second-order valence-electron chi connectivity index (χ2n) is 11.3. The average Bonchev–Trinajstić information content (AvgIpc) is 3.41. The third kappa shape index (κ3) is 6.92. The number of nitrogens with one attached hydrogen (secondary N) is 1. The first-order chi connectivity index (χ1) is 20.7. The summed E-state index contributed by atoms with van der Waals surface area (Å²) in [5, 5.41) is 11.1. The number of carbonyl (C=O) groups excluding carboxylic acids is 2. The number of aryl methyl sites for hydroxylation is 2. The Bertz CT molecular complexity index is 1730. The normalized spacial score (nSPS) is 12.5.